The molecule has 0 heterocycles. The summed E-state index contributed by atoms with van der Waals surface area (Å²) in [6.45, 7) is 0. The van der Waals surface area contributed by atoms with Crippen molar-refractivity contribution in [3.05, 3.63) is 57.5 Å². The molecular weight excluding hydrogens is 316 g/mol. The maximum Gasteiger partial charge on any atom is 0.141 e. The first kappa shape index (κ1) is 12.9. The minimum absolute atomic E-state index is 0.0220. The number of nitrogen functional groups attached to an aromatic ring is 1. The van der Waals surface area contributed by atoms with Gasteiger partial charge in [-0.2, -0.15) is 0 Å². The van der Waals surface area contributed by atoms with E-state index in [2.05, 4.69) is 15.9 Å². The summed E-state index contributed by atoms with van der Waals surface area (Å²) in [5, 5.41) is 8.01. The third kappa shape index (κ3) is 3.03. The van der Waals surface area contributed by atoms with Crippen LogP contribution in [0.15, 0.2) is 46.9 Å². The lowest BCUT2D eigenvalue weighted by molar-refractivity contribution is 0.479. The minimum atomic E-state index is 0.0220. The molecule has 2 aromatic carbocycles. The van der Waals surface area contributed by atoms with E-state index >= 15 is 0 Å². The maximum absolute atomic E-state index is 7.35. The van der Waals surface area contributed by atoms with Gasteiger partial charge in [0.05, 0.1) is 4.47 Å². The fraction of sp³-hybridized carbons (Fsp3) is 0. The van der Waals surface area contributed by atoms with Gasteiger partial charge in [0.2, 0.25) is 0 Å². The zero-order valence-corrected chi connectivity index (χ0v) is 11.6. The van der Waals surface area contributed by atoms with Crippen LogP contribution in [0.1, 0.15) is 5.56 Å². The van der Waals surface area contributed by atoms with Gasteiger partial charge in [-0.05, 0) is 58.4 Å². The Hall–Kier alpha value is -1.52. The fourth-order valence-electron chi connectivity index (χ4n) is 1.38. The Kier molecular flexibility index (Phi) is 3.89. The molecule has 3 nitrogen and oxygen atoms in total. The Labute approximate surface area is 118 Å². The van der Waals surface area contributed by atoms with Crippen LogP contribution in [0.25, 0.3) is 0 Å². The van der Waals surface area contributed by atoms with Crippen molar-refractivity contribution >= 4 is 33.4 Å². The Morgan fingerprint density at radius 1 is 1.17 bits per heavy atom. The second-order valence-electron chi connectivity index (χ2n) is 3.61. The van der Waals surface area contributed by atoms with Crippen molar-refractivity contribution in [2.45, 2.75) is 0 Å². The summed E-state index contributed by atoms with van der Waals surface area (Å²) in [6.07, 6.45) is 0. The van der Waals surface area contributed by atoms with Gasteiger partial charge >= 0.3 is 0 Å². The molecule has 0 unspecified atom stereocenters. The molecule has 0 bridgehead atoms. The highest BCUT2D eigenvalue weighted by Crippen LogP contribution is 2.30. The number of hydrogen-bond donors (Lipinski definition) is 2. The van der Waals surface area contributed by atoms with E-state index in [1.807, 2.05) is 0 Å². The second kappa shape index (κ2) is 5.42. The van der Waals surface area contributed by atoms with E-state index in [1.54, 1.807) is 42.5 Å². The molecule has 18 heavy (non-hydrogen) atoms. The summed E-state index contributed by atoms with van der Waals surface area (Å²) >= 11 is 9.18. The monoisotopic (exact) mass is 324 g/mol. The van der Waals surface area contributed by atoms with E-state index in [0.29, 0.717) is 22.1 Å². The predicted molar refractivity (Wildman–Crippen MR) is 76.7 cm³/mol. The molecule has 92 valence electrons. The van der Waals surface area contributed by atoms with Crippen molar-refractivity contribution in [3.8, 4) is 11.5 Å². The third-order valence-corrected chi connectivity index (χ3v) is 3.16. The molecule has 2 rings (SSSR count). The predicted octanol–water partition coefficient (Wildman–Crippen LogP) is 4.18. The highest BCUT2D eigenvalue weighted by atomic mass is 79.9. The lowest BCUT2D eigenvalue weighted by Gasteiger charge is -2.09. The van der Waals surface area contributed by atoms with Crippen LogP contribution >= 0.6 is 27.5 Å². The lowest BCUT2D eigenvalue weighted by atomic mass is 10.2. The van der Waals surface area contributed by atoms with Crippen molar-refractivity contribution in [1.82, 2.24) is 0 Å². The zero-order chi connectivity index (χ0) is 13.1. The van der Waals surface area contributed by atoms with Gasteiger partial charge in [-0.3, -0.25) is 5.41 Å². The number of nitrogens with two attached hydrogens (primary N) is 1. The molecule has 0 saturated heterocycles. The van der Waals surface area contributed by atoms with Gasteiger partial charge in [0, 0.05) is 10.6 Å². The summed E-state index contributed by atoms with van der Waals surface area (Å²) in [5.41, 5.74) is 6.05. The van der Waals surface area contributed by atoms with E-state index < -0.39 is 0 Å². The summed E-state index contributed by atoms with van der Waals surface area (Å²) in [7, 11) is 0. The molecule has 0 atom stereocenters. The smallest absolute Gasteiger partial charge is 0.141 e. The van der Waals surface area contributed by atoms with E-state index in [1.165, 1.54) is 0 Å². The highest BCUT2D eigenvalue weighted by molar-refractivity contribution is 9.10. The molecule has 0 spiro atoms. The minimum Gasteiger partial charge on any atom is -0.456 e. The van der Waals surface area contributed by atoms with Crippen LogP contribution in [-0.4, -0.2) is 5.84 Å². The van der Waals surface area contributed by atoms with Crippen LogP contribution in [0, 0.1) is 5.41 Å². The van der Waals surface area contributed by atoms with Gasteiger partial charge in [0.25, 0.3) is 0 Å². The van der Waals surface area contributed by atoms with Crippen molar-refractivity contribution in [3.63, 3.8) is 0 Å². The third-order valence-electron chi connectivity index (χ3n) is 2.28. The molecule has 0 saturated carbocycles. The molecule has 0 aliphatic heterocycles. The lowest BCUT2D eigenvalue weighted by Crippen LogP contribution is -2.10. The first-order valence-electron chi connectivity index (χ1n) is 5.13. The average Bonchev–Trinajstić information content (AvgIpc) is 2.34. The summed E-state index contributed by atoms with van der Waals surface area (Å²) < 4.78 is 6.42. The summed E-state index contributed by atoms with van der Waals surface area (Å²) in [6, 6.07) is 12.3. The van der Waals surface area contributed by atoms with Crippen molar-refractivity contribution < 1.29 is 4.74 Å². The topological polar surface area (TPSA) is 59.1 Å². The maximum atomic E-state index is 7.35. The number of hydrogen-bond acceptors (Lipinski definition) is 2. The fourth-order valence-corrected chi connectivity index (χ4v) is 1.97. The van der Waals surface area contributed by atoms with Crippen molar-refractivity contribution in [2.24, 2.45) is 5.73 Å². The Balaban J connectivity index is 2.24. The number of nitrogens with one attached hydrogen (secondary N) is 1. The van der Waals surface area contributed by atoms with Crippen molar-refractivity contribution in [2.75, 3.05) is 0 Å². The molecule has 0 fully saturated rings. The van der Waals surface area contributed by atoms with E-state index in [4.69, 9.17) is 27.5 Å². The van der Waals surface area contributed by atoms with Gasteiger partial charge in [0.1, 0.15) is 17.3 Å². The van der Waals surface area contributed by atoms with E-state index in [0.717, 1.165) is 4.47 Å². The quantitative estimate of drug-likeness (QED) is 0.657. The Bertz CT molecular complexity index is 584. The van der Waals surface area contributed by atoms with Crippen LogP contribution in [0.3, 0.4) is 0 Å². The van der Waals surface area contributed by atoms with Crippen LogP contribution in [0.2, 0.25) is 5.02 Å². The first-order valence-corrected chi connectivity index (χ1v) is 6.31. The van der Waals surface area contributed by atoms with Crippen LogP contribution in [0.4, 0.5) is 0 Å². The van der Waals surface area contributed by atoms with Crippen LogP contribution in [-0.2, 0) is 0 Å². The molecule has 0 amide bonds. The standard InChI is InChI=1S/C13H10BrClN2O/c14-11-7-8(13(16)17)1-6-12(11)18-10-4-2-9(15)3-5-10/h1-7H,(H3,16,17). The normalized spacial score (nSPS) is 10.1. The Morgan fingerprint density at radius 2 is 1.83 bits per heavy atom. The summed E-state index contributed by atoms with van der Waals surface area (Å²) in [4.78, 5) is 0. The van der Waals surface area contributed by atoms with Gasteiger partial charge in [-0.25, -0.2) is 0 Å². The molecule has 3 N–H and O–H groups in total. The molecule has 2 aromatic rings. The van der Waals surface area contributed by atoms with Gasteiger partial charge in [0.15, 0.2) is 0 Å². The number of amidine groups is 1. The first-order chi connectivity index (χ1) is 8.56. The number of rotatable bonds is 3. The largest absolute Gasteiger partial charge is 0.456 e. The average molecular weight is 326 g/mol. The summed E-state index contributed by atoms with van der Waals surface area (Å²) in [5.74, 6) is 1.37. The van der Waals surface area contributed by atoms with Crippen molar-refractivity contribution in [1.29, 1.82) is 5.41 Å². The van der Waals surface area contributed by atoms with Gasteiger partial charge in [-0.1, -0.05) is 11.6 Å². The van der Waals surface area contributed by atoms with E-state index in [9.17, 15) is 0 Å². The number of ether oxygens (including phenoxy) is 1. The Morgan fingerprint density at radius 3 is 2.39 bits per heavy atom. The molecular formula is C13H10BrClN2O. The number of halogens is 2. The molecule has 0 aromatic heterocycles. The zero-order valence-electron chi connectivity index (χ0n) is 9.28. The van der Waals surface area contributed by atoms with Gasteiger partial charge < -0.3 is 10.5 Å². The SMILES string of the molecule is N=C(N)c1ccc(Oc2ccc(Cl)cc2)c(Br)c1. The molecule has 0 aliphatic carbocycles. The van der Waals surface area contributed by atoms with E-state index in [-0.39, 0.29) is 5.84 Å². The molecule has 0 aliphatic rings. The highest BCUT2D eigenvalue weighted by Gasteiger charge is 2.05. The van der Waals surface area contributed by atoms with Gasteiger partial charge in [-0.15, -0.1) is 0 Å². The van der Waals surface area contributed by atoms with Crippen LogP contribution < -0.4 is 10.5 Å². The molecule has 0 radical (unpaired) electrons. The molecule has 5 heteroatoms. The van der Waals surface area contributed by atoms with Crippen LogP contribution in [0.5, 0.6) is 11.5 Å². The second-order valence-corrected chi connectivity index (χ2v) is 4.91. The number of benzene rings is 2.